The van der Waals surface area contributed by atoms with Crippen LogP contribution in [0.15, 0.2) is 24.3 Å². The van der Waals surface area contributed by atoms with E-state index < -0.39 is 0 Å². The number of rotatable bonds is 5. The average Bonchev–Trinajstić information content (AvgIpc) is 2.47. The van der Waals surface area contributed by atoms with Crippen molar-refractivity contribution in [1.29, 1.82) is 0 Å². The number of carbonyl (C=O) groups is 1. The summed E-state index contributed by atoms with van der Waals surface area (Å²) in [6.45, 7) is 6.34. The van der Waals surface area contributed by atoms with Gasteiger partial charge in [-0.2, -0.15) is 0 Å². The van der Waals surface area contributed by atoms with Crippen LogP contribution >= 0.6 is 11.6 Å². The number of Topliss-reactive ketones (excluding diaryl/α,β-unsaturated/α-hetero) is 1. The minimum absolute atomic E-state index is 0.0149. The minimum Gasteiger partial charge on any atom is -0.393 e. The molecule has 0 aromatic heterocycles. The molecule has 1 fully saturated rings. The molecule has 0 saturated carbocycles. The summed E-state index contributed by atoms with van der Waals surface area (Å²) < 4.78 is 0. The van der Waals surface area contributed by atoms with Gasteiger partial charge in [-0.1, -0.05) is 37.6 Å². The van der Waals surface area contributed by atoms with E-state index in [1.807, 2.05) is 38.1 Å². The highest BCUT2D eigenvalue weighted by Gasteiger charge is 2.27. The van der Waals surface area contributed by atoms with Crippen LogP contribution in [-0.2, 0) is 4.79 Å². The van der Waals surface area contributed by atoms with Crippen LogP contribution in [0.1, 0.15) is 38.2 Å². The van der Waals surface area contributed by atoms with Gasteiger partial charge in [0.2, 0.25) is 0 Å². The number of hydrogen-bond donors (Lipinski definition) is 1. The highest BCUT2D eigenvalue weighted by molar-refractivity contribution is 6.30. The highest BCUT2D eigenvalue weighted by Crippen LogP contribution is 2.25. The molecule has 1 saturated heterocycles. The van der Waals surface area contributed by atoms with Crippen molar-refractivity contribution in [3.63, 3.8) is 0 Å². The largest absolute Gasteiger partial charge is 0.393 e. The second kappa shape index (κ2) is 7.39. The van der Waals surface area contributed by atoms with Gasteiger partial charge in [0.15, 0.2) is 0 Å². The summed E-state index contributed by atoms with van der Waals surface area (Å²) in [6.07, 6.45) is 1.41. The van der Waals surface area contributed by atoms with Crippen molar-refractivity contribution in [2.45, 2.75) is 38.7 Å². The van der Waals surface area contributed by atoms with E-state index in [-0.39, 0.29) is 23.7 Å². The number of halogens is 1. The number of piperidine rings is 1. The zero-order valence-corrected chi connectivity index (χ0v) is 13.5. The summed E-state index contributed by atoms with van der Waals surface area (Å²) in [5.74, 6) is 0.169. The first-order valence-electron chi connectivity index (χ1n) is 7.67. The van der Waals surface area contributed by atoms with Crippen LogP contribution in [0.3, 0.4) is 0 Å². The van der Waals surface area contributed by atoms with Gasteiger partial charge in [-0.15, -0.1) is 0 Å². The standard InChI is InChI=1S/C17H24ClNO2/c1-12(2)17(21)16(13-3-5-14(18)6-4-13)11-19-9-7-15(20)8-10-19/h3-6,12,15-16,20H,7-11H2,1-2H3/t16-/m0/s1. The molecule has 1 aromatic carbocycles. The van der Waals surface area contributed by atoms with E-state index in [0.29, 0.717) is 5.02 Å². The molecule has 0 radical (unpaired) electrons. The number of carbonyl (C=O) groups excluding carboxylic acids is 1. The molecule has 1 atom stereocenters. The van der Waals surface area contributed by atoms with E-state index in [1.54, 1.807) is 0 Å². The predicted molar refractivity (Wildman–Crippen MR) is 85.7 cm³/mol. The lowest BCUT2D eigenvalue weighted by Gasteiger charge is -2.32. The first kappa shape index (κ1) is 16.5. The maximum absolute atomic E-state index is 12.6. The van der Waals surface area contributed by atoms with Crippen molar-refractivity contribution < 1.29 is 9.90 Å². The molecule has 1 aromatic rings. The fraction of sp³-hybridized carbons (Fsp3) is 0.588. The Morgan fingerprint density at radius 1 is 1.29 bits per heavy atom. The Hall–Kier alpha value is -0.900. The van der Waals surface area contributed by atoms with Crippen LogP contribution in [0.4, 0.5) is 0 Å². The topological polar surface area (TPSA) is 40.5 Å². The second-order valence-electron chi connectivity index (χ2n) is 6.19. The summed E-state index contributed by atoms with van der Waals surface area (Å²) in [5, 5.41) is 10.3. The molecule has 0 unspecified atom stereocenters. The number of benzene rings is 1. The molecule has 0 aliphatic carbocycles. The Morgan fingerprint density at radius 3 is 2.38 bits per heavy atom. The molecule has 21 heavy (non-hydrogen) atoms. The van der Waals surface area contributed by atoms with Gasteiger partial charge >= 0.3 is 0 Å². The number of ketones is 1. The maximum Gasteiger partial charge on any atom is 0.144 e. The van der Waals surface area contributed by atoms with E-state index in [1.165, 1.54) is 0 Å². The van der Waals surface area contributed by atoms with Crippen molar-refractivity contribution in [3.8, 4) is 0 Å². The molecular formula is C17H24ClNO2. The van der Waals surface area contributed by atoms with E-state index in [4.69, 9.17) is 11.6 Å². The Morgan fingerprint density at radius 2 is 1.86 bits per heavy atom. The molecule has 1 aliphatic rings. The monoisotopic (exact) mass is 309 g/mol. The van der Waals surface area contributed by atoms with Crippen molar-refractivity contribution in [2.24, 2.45) is 5.92 Å². The highest BCUT2D eigenvalue weighted by atomic mass is 35.5. The van der Waals surface area contributed by atoms with Gasteiger partial charge in [0.25, 0.3) is 0 Å². The number of aliphatic hydroxyl groups excluding tert-OH is 1. The molecule has 0 spiro atoms. The van der Waals surface area contributed by atoms with Crippen molar-refractivity contribution in [2.75, 3.05) is 19.6 Å². The molecule has 2 rings (SSSR count). The van der Waals surface area contributed by atoms with Crippen molar-refractivity contribution in [3.05, 3.63) is 34.9 Å². The van der Waals surface area contributed by atoms with E-state index in [0.717, 1.165) is 38.0 Å². The molecule has 0 bridgehead atoms. The van der Waals surface area contributed by atoms with Gasteiger partial charge in [-0.3, -0.25) is 4.79 Å². The molecule has 1 N–H and O–H groups in total. The van der Waals surface area contributed by atoms with Crippen LogP contribution in [0.25, 0.3) is 0 Å². The van der Waals surface area contributed by atoms with E-state index in [2.05, 4.69) is 4.90 Å². The minimum atomic E-state index is -0.184. The van der Waals surface area contributed by atoms with Gasteiger partial charge in [-0.05, 0) is 30.5 Å². The maximum atomic E-state index is 12.6. The summed E-state index contributed by atoms with van der Waals surface area (Å²) in [6, 6.07) is 7.59. The normalized spacial score (nSPS) is 18.9. The molecular weight excluding hydrogens is 286 g/mol. The second-order valence-corrected chi connectivity index (χ2v) is 6.63. The summed E-state index contributed by atoms with van der Waals surface area (Å²) in [7, 11) is 0. The van der Waals surface area contributed by atoms with Gasteiger partial charge in [0.05, 0.1) is 12.0 Å². The van der Waals surface area contributed by atoms with Crippen LogP contribution in [0, 0.1) is 5.92 Å². The predicted octanol–water partition coefficient (Wildman–Crippen LogP) is 3.11. The molecule has 0 amide bonds. The Balaban J connectivity index is 2.12. The zero-order valence-electron chi connectivity index (χ0n) is 12.8. The van der Waals surface area contributed by atoms with E-state index in [9.17, 15) is 9.90 Å². The molecule has 1 heterocycles. The third-order valence-corrected chi connectivity index (χ3v) is 4.43. The van der Waals surface area contributed by atoms with Crippen molar-refractivity contribution in [1.82, 2.24) is 4.90 Å². The SMILES string of the molecule is CC(C)C(=O)[C@@H](CN1CCC(O)CC1)c1ccc(Cl)cc1. The zero-order chi connectivity index (χ0) is 15.4. The molecule has 116 valence electrons. The summed E-state index contributed by atoms with van der Waals surface area (Å²) >= 11 is 5.94. The lowest BCUT2D eigenvalue weighted by atomic mass is 9.88. The van der Waals surface area contributed by atoms with Gasteiger partial charge in [0, 0.05) is 30.6 Å². The van der Waals surface area contributed by atoms with E-state index >= 15 is 0 Å². The number of aliphatic hydroxyl groups is 1. The van der Waals surface area contributed by atoms with Crippen LogP contribution in [0.2, 0.25) is 5.02 Å². The van der Waals surface area contributed by atoms with Crippen LogP contribution in [-0.4, -0.2) is 41.5 Å². The Bertz CT molecular complexity index is 464. The van der Waals surface area contributed by atoms with Crippen LogP contribution < -0.4 is 0 Å². The van der Waals surface area contributed by atoms with Gasteiger partial charge in [-0.25, -0.2) is 0 Å². The first-order chi connectivity index (χ1) is 9.97. The van der Waals surface area contributed by atoms with Gasteiger partial charge in [0.1, 0.15) is 5.78 Å². The molecule has 3 nitrogen and oxygen atoms in total. The quantitative estimate of drug-likeness (QED) is 0.908. The summed E-state index contributed by atoms with van der Waals surface area (Å²) in [4.78, 5) is 14.8. The lowest BCUT2D eigenvalue weighted by Crippen LogP contribution is -2.40. The smallest absolute Gasteiger partial charge is 0.144 e. The number of nitrogens with zero attached hydrogens (tertiary/aromatic N) is 1. The molecule has 1 aliphatic heterocycles. The Kier molecular flexibility index (Phi) is 5.80. The van der Waals surface area contributed by atoms with Gasteiger partial charge < -0.3 is 10.0 Å². The fourth-order valence-electron chi connectivity index (χ4n) is 2.82. The third kappa shape index (κ3) is 4.53. The molecule has 4 heteroatoms. The number of hydrogen-bond acceptors (Lipinski definition) is 3. The number of likely N-dealkylation sites (tertiary alicyclic amines) is 1. The third-order valence-electron chi connectivity index (χ3n) is 4.18. The first-order valence-corrected chi connectivity index (χ1v) is 8.04. The summed E-state index contributed by atoms with van der Waals surface area (Å²) in [5.41, 5.74) is 1.03. The van der Waals surface area contributed by atoms with Crippen LogP contribution in [0.5, 0.6) is 0 Å². The Labute approximate surface area is 131 Å². The van der Waals surface area contributed by atoms with Crippen molar-refractivity contribution >= 4 is 17.4 Å². The average molecular weight is 310 g/mol. The fourth-order valence-corrected chi connectivity index (χ4v) is 2.94. The lowest BCUT2D eigenvalue weighted by molar-refractivity contribution is -0.124.